The molecule has 1 aromatic carbocycles. The third kappa shape index (κ3) is 4.90. The number of oxazole rings is 1. The van der Waals surface area contributed by atoms with Gasteiger partial charge in [-0.05, 0) is 30.4 Å². The molecule has 0 N–H and O–H groups in total. The molecule has 2 aromatic rings. The van der Waals surface area contributed by atoms with E-state index in [2.05, 4.69) is 24.0 Å². The molecule has 1 heterocycles. The highest BCUT2D eigenvalue weighted by atomic mass is 32.2. The summed E-state index contributed by atoms with van der Waals surface area (Å²) in [7, 11) is 0. The normalized spacial score (nSPS) is 11.2. The van der Waals surface area contributed by atoms with Gasteiger partial charge in [-0.25, -0.2) is 4.98 Å². The quantitative estimate of drug-likeness (QED) is 0.436. The Morgan fingerprint density at radius 3 is 2.68 bits per heavy atom. The summed E-state index contributed by atoms with van der Waals surface area (Å²) in [5, 5.41) is 0. The lowest BCUT2D eigenvalue weighted by Crippen LogP contribution is -1.83. The molecule has 0 saturated carbocycles. The van der Waals surface area contributed by atoms with Gasteiger partial charge in [-0.3, -0.25) is 0 Å². The molecule has 2 nitrogen and oxygen atoms in total. The van der Waals surface area contributed by atoms with Crippen LogP contribution in [-0.4, -0.2) is 10.7 Å². The number of rotatable bonds is 9. The van der Waals surface area contributed by atoms with Crippen LogP contribution in [-0.2, 0) is 0 Å². The summed E-state index contributed by atoms with van der Waals surface area (Å²) < 4.78 is 5.24. The Bertz CT molecular complexity index is 480. The fourth-order valence-corrected chi connectivity index (χ4v) is 3.12. The van der Waals surface area contributed by atoms with E-state index in [0.29, 0.717) is 0 Å². The molecule has 0 unspecified atom stereocenters. The Morgan fingerprint density at radius 2 is 1.84 bits per heavy atom. The molecular weight excluding hydrogens is 254 g/mol. The summed E-state index contributed by atoms with van der Waals surface area (Å²) in [6, 6.07) is 6.25. The van der Waals surface area contributed by atoms with Crippen LogP contribution in [0.4, 0.5) is 0 Å². The van der Waals surface area contributed by atoms with Crippen molar-refractivity contribution in [2.45, 2.75) is 56.8 Å². The van der Waals surface area contributed by atoms with Gasteiger partial charge in [-0.15, -0.1) is 11.8 Å². The van der Waals surface area contributed by atoms with Crippen molar-refractivity contribution in [3.63, 3.8) is 0 Å². The van der Waals surface area contributed by atoms with Gasteiger partial charge in [0.15, 0.2) is 12.0 Å². The van der Waals surface area contributed by atoms with Gasteiger partial charge in [0.1, 0.15) is 5.52 Å². The lowest BCUT2D eigenvalue weighted by molar-refractivity contribution is 0.602. The van der Waals surface area contributed by atoms with Crippen molar-refractivity contribution >= 4 is 22.9 Å². The third-order valence-corrected chi connectivity index (χ3v) is 4.40. The van der Waals surface area contributed by atoms with Crippen molar-refractivity contribution in [2.75, 3.05) is 5.75 Å². The predicted molar refractivity (Wildman–Crippen MR) is 82.7 cm³/mol. The number of nitrogens with zero attached hydrogens (tertiary/aromatic N) is 1. The van der Waals surface area contributed by atoms with Crippen LogP contribution in [0.5, 0.6) is 0 Å². The zero-order valence-corrected chi connectivity index (χ0v) is 12.5. The van der Waals surface area contributed by atoms with Crippen LogP contribution in [0.2, 0.25) is 0 Å². The molecule has 0 amide bonds. The molecule has 3 heteroatoms. The van der Waals surface area contributed by atoms with Crippen LogP contribution in [0.1, 0.15) is 51.9 Å². The van der Waals surface area contributed by atoms with Gasteiger partial charge in [0.2, 0.25) is 0 Å². The molecule has 2 rings (SSSR count). The van der Waals surface area contributed by atoms with Crippen LogP contribution in [0, 0.1) is 0 Å². The highest BCUT2D eigenvalue weighted by Crippen LogP contribution is 2.24. The predicted octanol–water partition coefficient (Wildman–Crippen LogP) is 5.67. The highest BCUT2D eigenvalue weighted by molar-refractivity contribution is 7.99. The minimum atomic E-state index is 0.875. The number of benzene rings is 1. The SMILES string of the molecule is CCCCCCCCCSc1ccc2ocnc2c1. The second-order valence-corrected chi connectivity index (χ2v) is 6.12. The summed E-state index contributed by atoms with van der Waals surface area (Å²) in [6.45, 7) is 2.27. The summed E-state index contributed by atoms with van der Waals surface area (Å²) in [4.78, 5) is 5.48. The van der Waals surface area contributed by atoms with Crippen molar-refractivity contribution in [1.82, 2.24) is 4.98 Å². The topological polar surface area (TPSA) is 26.0 Å². The van der Waals surface area contributed by atoms with E-state index in [1.165, 1.54) is 62.0 Å². The van der Waals surface area contributed by atoms with E-state index < -0.39 is 0 Å². The first kappa shape index (κ1) is 14.4. The van der Waals surface area contributed by atoms with Gasteiger partial charge in [-0.2, -0.15) is 0 Å². The number of hydrogen-bond donors (Lipinski definition) is 0. The molecule has 19 heavy (non-hydrogen) atoms. The second kappa shape index (κ2) is 8.26. The van der Waals surface area contributed by atoms with E-state index in [1.54, 1.807) is 0 Å². The molecule has 0 aliphatic carbocycles. The Balaban J connectivity index is 1.60. The first-order valence-electron chi connectivity index (χ1n) is 7.36. The van der Waals surface area contributed by atoms with Crippen LogP contribution in [0.25, 0.3) is 11.1 Å². The third-order valence-electron chi connectivity index (χ3n) is 3.32. The summed E-state index contributed by atoms with van der Waals surface area (Å²) >= 11 is 1.93. The van der Waals surface area contributed by atoms with E-state index in [4.69, 9.17) is 4.42 Å². The maximum absolute atomic E-state index is 5.24. The molecule has 0 radical (unpaired) electrons. The zero-order chi connectivity index (χ0) is 13.3. The number of thioether (sulfide) groups is 1. The van der Waals surface area contributed by atoms with Crippen LogP contribution < -0.4 is 0 Å². The van der Waals surface area contributed by atoms with Gasteiger partial charge in [-0.1, -0.05) is 45.4 Å². The summed E-state index contributed by atoms with van der Waals surface area (Å²) in [5.74, 6) is 1.21. The molecular formula is C16H23NOS. The van der Waals surface area contributed by atoms with Crippen LogP contribution >= 0.6 is 11.8 Å². The number of aromatic nitrogens is 1. The Morgan fingerprint density at radius 1 is 1.05 bits per heavy atom. The molecule has 0 atom stereocenters. The van der Waals surface area contributed by atoms with Crippen molar-refractivity contribution in [3.05, 3.63) is 24.6 Å². The molecule has 104 valence electrons. The van der Waals surface area contributed by atoms with Gasteiger partial charge in [0.25, 0.3) is 0 Å². The Hall–Kier alpha value is -0.960. The Kier molecular flexibility index (Phi) is 6.28. The second-order valence-electron chi connectivity index (χ2n) is 4.95. The first-order valence-corrected chi connectivity index (χ1v) is 8.35. The first-order chi connectivity index (χ1) is 9.40. The summed E-state index contributed by atoms with van der Waals surface area (Å²) in [5.41, 5.74) is 1.84. The zero-order valence-electron chi connectivity index (χ0n) is 11.7. The molecule has 1 aromatic heterocycles. The Labute approximate surface area is 120 Å². The average Bonchev–Trinajstić information content (AvgIpc) is 2.89. The molecule has 0 aliphatic heterocycles. The van der Waals surface area contributed by atoms with Gasteiger partial charge in [0, 0.05) is 4.90 Å². The van der Waals surface area contributed by atoms with Crippen molar-refractivity contribution in [3.8, 4) is 0 Å². The van der Waals surface area contributed by atoms with E-state index in [0.717, 1.165) is 11.1 Å². The summed E-state index contributed by atoms with van der Waals surface area (Å²) in [6.07, 6.45) is 11.1. The molecule has 0 fully saturated rings. The van der Waals surface area contributed by atoms with Gasteiger partial charge in [0.05, 0.1) is 0 Å². The maximum Gasteiger partial charge on any atom is 0.181 e. The smallest absolute Gasteiger partial charge is 0.181 e. The van der Waals surface area contributed by atoms with Crippen molar-refractivity contribution in [1.29, 1.82) is 0 Å². The fraction of sp³-hybridized carbons (Fsp3) is 0.562. The standard InChI is InChI=1S/C16H23NOS/c1-2-3-4-5-6-7-8-11-19-14-9-10-16-15(12-14)17-13-18-16/h9-10,12-13H,2-8,11H2,1H3. The number of unbranched alkanes of at least 4 members (excludes halogenated alkanes) is 6. The lowest BCUT2D eigenvalue weighted by Gasteiger charge is -2.02. The van der Waals surface area contributed by atoms with Gasteiger partial charge >= 0.3 is 0 Å². The fourth-order valence-electron chi connectivity index (χ4n) is 2.18. The highest BCUT2D eigenvalue weighted by Gasteiger charge is 2.00. The monoisotopic (exact) mass is 277 g/mol. The lowest BCUT2D eigenvalue weighted by atomic mass is 10.1. The number of fused-ring (bicyclic) bond motifs is 1. The largest absolute Gasteiger partial charge is 0.443 e. The van der Waals surface area contributed by atoms with Crippen LogP contribution in [0.15, 0.2) is 33.9 Å². The van der Waals surface area contributed by atoms with E-state index in [-0.39, 0.29) is 0 Å². The van der Waals surface area contributed by atoms with Gasteiger partial charge < -0.3 is 4.42 Å². The molecule has 0 aliphatic rings. The molecule has 0 bridgehead atoms. The van der Waals surface area contributed by atoms with E-state index >= 15 is 0 Å². The van der Waals surface area contributed by atoms with Crippen LogP contribution in [0.3, 0.4) is 0 Å². The van der Waals surface area contributed by atoms with E-state index in [9.17, 15) is 0 Å². The minimum Gasteiger partial charge on any atom is -0.443 e. The number of hydrogen-bond acceptors (Lipinski definition) is 3. The maximum atomic E-state index is 5.24. The minimum absolute atomic E-state index is 0.875. The van der Waals surface area contributed by atoms with Crippen molar-refractivity contribution in [2.24, 2.45) is 0 Å². The molecule has 0 saturated heterocycles. The van der Waals surface area contributed by atoms with Crippen molar-refractivity contribution < 1.29 is 4.42 Å². The molecule has 0 spiro atoms. The van der Waals surface area contributed by atoms with E-state index in [1.807, 2.05) is 17.8 Å². The average molecular weight is 277 g/mol.